The molecule has 0 aliphatic carbocycles. The summed E-state index contributed by atoms with van der Waals surface area (Å²) in [5.41, 5.74) is 51.8. The Balaban J connectivity index is 1.99. The first-order valence-corrected chi connectivity index (χ1v) is 23.8. The summed E-state index contributed by atoms with van der Waals surface area (Å²) in [5, 5.41) is 0. The molecule has 0 saturated heterocycles. The van der Waals surface area contributed by atoms with Crippen molar-refractivity contribution in [2.24, 2.45) is 55.9 Å². The number of carbonyl (C=O) groups is 4. The van der Waals surface area contributed by atoms with Crippen molar-refractivity contribution in [3.05, 3.63) is 93.0 Å². The van der Waals surface area contributed by atoms with Crippen LogP contribution in [0.25, 0.3) is 0 Å². The van der Waals surface area contributed by atoms with Crippen LogP contribution in [-0.4, -0.2) is 84.8 Å². The summed E-state index contributed by atoms with van der Waals surface area (Å²) in [6, 6.07) is 13.6. The van der Waals surface area contributed by atoms with Gasteiger partial charge in [-0.05, 0) is 76.0 Å². The molecule has 0 heterocycles. The summed E-state index contributed by atoms with van der Waals surface area (Å²) in [6.07, 6.45) is 2.24. The van der Waals surface area contributed by atoms with Gasteiger partial charge in [-0.1, -0.05) is 84.0 Å². The minimum atomic E-state index is -0.706. The number of guanidine groups is 2. The molecule has 0 radical (unpaired) electrons. The highest BCUT2D eigenvalue weighted by molar-refractivity contribution is 7.99. The molecule has 350 valence electrons. The Morgan fingerprint density at radius 2 is 0.906 bits per heavy atom. The standard InChI is InChI=1S/C48H72N10O4S2/c1-47(2,3)35-21-31(43(63-18-14-49)33(23-35)27-41(61)37(51)12-8-16-57-45(53)54)25-39(59)29-10-7-11-30(20-29)40(60)26-32-22-36(48(4,5)6)24-34(44(32)64-19-15-50)28-42(62)38(52)13-9-17-58-46(55)56/h7,10-11,20-24,37-38H,8-9,12-19,25-28,49-52H2,1-6H3,(H4,53,54,57)(H4,55,56,58)/t37-,38-/m0/s1. The Morgan fingerprint density at radius 3 is 1.22 bits per heavy atom. The van der Waals surface area contributed by atoms with Gasteiger partial charge in [-0.25, -0.2) is 0 Å². The van der Waals surface area contributed by atoms with E-state index in [0.29, 0.717) is 74.5 Å². The average molecular weight is 917 g/mol. The Labute approximate surface area is 388 Å². The van der Waals surface area contributed by atoms with Gasteiger partial charge in [0.05, 0.1) is 12.1 Å². The molecule has 14 nitrogen and oxygen atoms in total. The van der Waals surface area contributed by atoms with E-state index in [1.165, 1.54) is 23.5 Å². The summed E-state index contributed by atoms with van der Waals surface area (Å²) in [4.78, 5) is 65.3. The van der Waals surface area contributed by atoms with Crippen LogP contribution in [0.1, 0.15) is 121 Å². The predicted molar refractivity (Wildman–Crippen MR) is 266 cm³/mol. The van der Waals surface area contributed by atoms with Crippen molar-refractivity contribution in [1.82, 2.24) is 0 Å². The van der Waals surface area contributed by atoms with Crippen LogP contribution >= 0.6 is 23.5 Å². The number of hydrogen-bond acceptors (Lipinski definition) is 12. The molecule has 16 heteroatoms. The van der Waals surface area contributed by atoms with E-state index in [2.05, 4.69) is 51.5 Å². The zero-order valence-corrected chi connectivity index (χ0v) is 40.3. The summed E-state index contributed by atoms with van der Waals surface area (Å²) in [6.45, 7) is 14.1. The SMILES string of the molecule is CC(C)(C)c1cc(CC(=O)c2cccc(C(=O)Cc3cc(C(C)(C)C)cc(CC(=O)[C@@H](N)CCCN=C(N)N)c3SCCN)c2)c(SCCN)c(CC(=O)[C@@H](N)CCCN=C(N)N)c1. The topological polar surface area (TPSA) is 301 Å². The number of nitrogens with two attached hydrogens (primary N) is 8. The van der Waals surface area contributed by atoms with Gasteiger partial charge in [0.1, 0.15) is 0 Å². The molecule has 0 fully saturated rings. The molecular weight excluding hydrogens is 845 g/mol. The number of Topliss-reactive ketones (excluding diaryl/α,β-unsaturated/α-hetero) is 4. The van der Waals surface area contributed by atoms with Crippen molar-refractivity contribution in [3.63, 3.8) is 0 Å². The highest BCUT2D eigenvalue weighted by Gasteiger charge is 2.26. The van der Waals surface area contributed by atoms with Crippen molar-refractivity contribution >= 4 is 58.6 Å². The van der Waals surface area contributed by atoms with Crippen molar-refractivity contribution < 1.29 is 19.2 Å². The lowest BCUT2D eigenvalue weighted by Gasteiger charge is -2.24. The van der Waals surface area contributed by atoms with E-state index in [4.69, 9.17) is 45.9 Å². The van der Waals surface area contributed by atoms with Crippen LogP contribution in [0.4, 0.5) is 0 Å². The number of carbonyl (C=O) groups excluding carboxylic acids is 4. The van der Waals surface area contributed by atoms with E-state index < -0.39 is 12.1 Å². The molecule has 0 amide bonds. The van der Waals surface area contributed by atoms with Gasteiger partial charge < -0.3 is 45.9 Å². The number of hydrogen-bond donors (Lipinski definition) is 8. The third-order valence-electron chi connectivity index (χ3n) is 10.6. The van der Waals surface area contributed by atoms with Crippen LogP contribution in [0.2, 0.25) is 0 Å². The molecule has 0 aromatic heterocycles. The molecule has 2 atom stereocenters. The third-order valence-corrected chi connectivity index (χ3v) is 13.2. The van der Waals surface area contributed by atoms with Crippen LogP contribution in [0, 0.1) is 0 Å². The van der Waals surface area contributed by atoms with Crippen molar-refractivity contribution in [1.29, 1.82) is 0 Å². The zero-order valence-electron chi connectivity index (χ0n) is 38.6. The fraction of sp³-hybridized carbons (Fsp3) is 0.500. The quantitative estimate of drug-likeness (QED) is 0.0184. The van der Waals surface area contributed by atoms with Gasteiger partial charge in [0.15, 0.2) is 35.1 Å². The summed E-state index contributed by atoms with van der Waals surface area (Å²) in [7, 11) is 0. The first-order chi connectivity index (χ1) is 30.0. The predicted octanol–water partition coefficient (Wildman–Crippen LogP) is 4.22. The number of benzene rings is 3. The molecule has 0 saturated carbocycles. The summed E-state index contributed by atoms with van der Waals surface area (Å²) in [5.74, 6) is 0.557. The molecule has 3 rings (SSSR count). The minimum absolute atomic E-state index is 0.00858. The van der Waals surface area contributed by atoms with Crippen molar-refractivity contribution in [2.45, 2.75) is 126 Å². The highest BCUT2D eigenvalue weighted by atomic mass is 32.2. The van der Waals surface area contributed by atoms with E-state index in [1.807, 2.05) is 24.3 Å². The normalized spacial score (nSPS) is 12.7. The monoisotopic (exact) mass is 917 g/mol. The van der Waals surface area contributed by atoms with Gasteiger partial charge in [0.2, 0.25) is 0 Å². The van der Waals surface area contributed by atoms with Crippen LogP contribution in [-0.2, 0) is 46.1 Å². The van der Waals surface area contributed by atoms with Crippen molar-refractivity contribution in [2.75, 3.05) is 37.7 Å². The Kier molecular flexibility index (Phi) is 21.2. The molecule has 64 heavy (non-hydrogen) atoms. The lowest BCUT2D eigenvalue weighted by atomic mass is 9.83. The molecule has 0 aliphatic rings. The van der Waals surface area contributed by atoms with Crippen molar-refractivity contribution in [3.8, 4) is 0 Å². The summed E-state index contributed by atoms with van der Waals surface area (Å²) < 4.78 is 0. The Hall–Kier alpha value is -4.58. The van der Waals surface area contributed by atoms with Gasteiger partial charge in [-0.3, -0.25) is 29.2 Å². The molecule has 3 aromatic carbocycles. The Morgan fingerprint density at radius 1 is 0.562 bits per heavy atom. The molecule has 0 spiro atoms. The number of thioether (sulfide) groups is 2. The van der Waals surface area contributed by atoms with E-state index in [0.717, 1.165) is 43.2 Å². The number of nitrogens with zero attached hydrogens (tertiary/aromatic N) is 2. The van der Waals surface area contributed by atoms with E-state index in [1.54, 1.807) is 24.3 Å². The molecule has 16 N–H and O–H groups in total. The average Bonchev–Trinajstić information content (AvgIpc) is 3.22. The number of rotatable bonds is 26. The molecule has 0 unspecified atom stereocenters. The minimum Gasteiger partial charge on any atom is -0.370 e. The second-order valence-corrected chi connectivity index (χ2v) is 20.4. The number of ketones is 4. The van der Waals surface area contributed by atoms with Gasteiger partial charge in [0, 0.05) is 84.3 Å². The first kappa shape index (κ1) is 53.8. The number of aliphatic imine (C=N–C) groups is 2. The van der Waals surface area contributed by atoms with Crippen LogP contribution in [0.15, 0.2) is 68.3 Å². The lowest BCUT2D eigenvalue weighted by molar-refractivity contribution is -0.120. The Bertz CT molecular complexity index is 2010. The smallest absolute Gasteiger partial charge is 0.185 e. The largest absolute Gasteiger partial charge is 0.370 e. The van der Waals surface area contributed by atoms with Crippen LogP contribution in [0.3, 0.4) is 0 Å². The first-order valence-electron chi connectivity index (χ1n) is 21.9. The van der Waals surface area contributed by atoms with E-state index >= 15 is 0 Å². The maximum absolute atomic E-state index is 14.3. The van der Waals surface area contributed by atoms with Crippen LogP contribution < -0.4 is 45.9 Å². The fourth-order valence-corrected chi connectivity index (χ4v) is 8.92. The lowest BCUT2D eigenvalue weighted by Crippen LogP contribution is -2.32. The fourth-order valence-electron chi connectivity index (χ4n) is 7.01. The highest BCUT2D eigenvalue weighted by Crippen LogP contribution is 2.36. The van der Waals surface area contributed by atoms with Gasteiger partial charge in [0.25, 0.3) is 0 Å². The third kappa shape index (κ3) is 17.1. The van der Waals surface area contributed by atoms with Gasteiger partial charge in [-0.15, -0.1) is 23.5 Å². The molecule has 0 bridgehead atoms. The maximum Gasteiger partial charge on any atom is 0.185 e. The second-order valence-electron chi connectivity index (χ2n) is 18.2. The summed E-state index contributed by atoms with van der Waals surface area (Å²) >= 11 is 3.04. The van der Waals surface area contributed by atoms with E-state index in [-0.39, 0.29) is 71.6 Å². The van der Waals surface area contributed by atoms with Crippen LogP contribution in [0.5, 0.6) is 0 Å². The van der Waals surface area contributed by atoms with E-state index in [9.17, 15) is 19.2 Å². The molecule has 0 aliphatic heterocycles. The second kappa shape index (κ2) is 25.2. The van der Waals surface area contributed by atoms with Gasteiger partial charge in [-0.2, -0.15) is 0 Å². The molecular formula is C48H72N10O4S2. The maximum atomic E-state index is 14.3. The zero-order chi connectivity index (χ0) is 47.8. The van der Waals surface area contributed by atoms with Gasteiger partial charge >= 0.3 is 0 Å². The molecule has 3 aromatic rings.